The number of carboxylic acids is 1. The van der Waals surface area contributed by atoms with E-state index >= 15 is 0 Å². The number of benzene rings is 1. The standard InChI is InChI=1S/C9H6F3NO5/c10-4-1-3(6(11)8(16)7(4)12)9(17)13-18-2-5(14)15/h1,16H,2H2,(H,13,17)(H,14,15). The van der Waals surface area contributed by atoms with Crippen molar-refractivity contribution in [3.63, 3.8) is 0 Å². The molecule has 9 heteroatoms. The van der Waals surface area contributed by atoms with E-state index < -0.39 is 47.2 Å². The molecule has 1 aromatic rings. The van der Waals surface area contributed by atoms with Crippen LogP contribution in [0, 0.1) is 17.5 Å². The number of hydrogen-bond donors (Lipinski definition) is 3. The summed E-state index contributed by atoms with van der Waals surface area (Å²) in [4.78, 5) is 25.3. The first-order valence-electron chi connectivity index (χ1n) is 4.35. The van der Waals surface area contributed by atoms with Crippen molar-refractivity contribution in [3.8, 4) is 5.75 Å². The molecule has 0 bridgehead atoms. The molecule has 0 unspecified atom stereocenters. The molecule has 98 valence electrons. The Hall–Kier alpha value is -2.29. The van der Waals surface area contributed by atoms with Gasteiger partial charge in [-0.05, 0) is 6.07 Å². The highest BCUT2D eigenvalue weighted by atomic mass is 19.2. The number of rotatable bonds is 4. The second kappa shape index (κ2) is 5.36. The van der Waals surface area contributed by atoms with E-state index in [2.05, 4.69) is 4.84 Å². The molecule has 0 radical (unpaired) electrons. The molecule has 0 aromatic heterocycles. The van der Waals surface area contributed by atoms with Gasteiger partial charge in [-0.3, -0.25) is 9.63 Å². The highest BCUT2D eigenvalue weighted by molar-refractivity contribution is 5.94. The summed E-state index contributed by atoms with van der Waals surface area (Å²) in [5.74, 6) is -9.61. The van der Waals surface area contributed by atoms with Gasteiger partial charge in [-0.15, -0.1) is 0 Å². The first-order chi connectivity index (χ1) is 8.34. The van der Waals surface area contributed by atoms with Crippen LogP contribution in [0.25, 0.3) is 0 Å². The van der Waals surface area contributed by atoms with Gasteiger partial charge in [0.05, 0.1) is 5.56 Å². The third kappa shape index (κ3) is 2.88. The Morgan fingerprint density at radius 3 is 2.44 bits per heavy atom. The molecule has 0 heterocycles. The van der Waals surface area contributed by atoms with Crippen LogP contribution in [-0.2, 0) is 9.63 Å². The molecule has 0 saturated heterocycles. The van der Waals surface area contributed by atoms with E-state index in [0.29, 0.717) is 0 Å². The summed E-state index contributed by atoms with van der Waals surface area (Å²) < 4.78 is 38.7. The Balaban J connectivity index is 2.90. The van der Waals surface area contributed by atoms with Crippen LogP contribution >= 0.6 is 0 Å². The summed E-state index contributed by atoms with van der Waals surface area (Å²) in [5.41, 5.74) is 0.454. The van der Waals surface area contributed by atoms with Gasteiger partial charge in [0.1, 0.15) is 0 Å². The Kier molecular flexibility index (Phi) is 4.10. The van der Waals surface area contributed by atoms with E-state index in [-0.39, 0.29) is 6.07 Å². The van der Waals surface area contributed by atoms with Crippen molar-refractivity contribution < 1.29 is 37.8 Å². The molecule has 0 atom stereocenters. The second-order valence-electron chi connectivity index (χ2n) is 3.00. The van der Waals surface area contributed by atoms with Crippen LogP contribution in [0.1, 0.15) is 10.4 Å². The third-order valence-corrected chi connectivity index (χ3v) is 1.74. The van der Waals surface area contributed by atoms with Gasteiger partial charge in [0, 0.05) is 0 Å². The molecule has 1 amide bonds. The SMILES string of the molecule is O=C(O)CONC(=O)c1cc(F)c(F)c(O)c1F. The zero-order chi connectivity index (χ0) is 13.9. The molecule has 6 nitrogen and oxygen atoms in total. The fourth-order valence-corrected chi connectivity index (χ4v) is 0.974. The Morgan fingerprint density at radius 2 is 1.89 bits per heavy atom. The smallest absolute Gasteiger partial charge is 0.332 e. The van der Waals surface area contributed by atoms with E-state index in [0.717, 1.165) is 0 Å². The van der Waals surface area contributed by atoms with Crippen molar-refractivity contribution in [2.24, 2.45) is 0 Å². The first-order valence-corrected chi connectivity index (χ1v) is 4.35. The number of halogens is 3. The Morgan fingerprint density at radius 1 is 1.28 bits per heavy atom. The lowest BCUT2D eigenvalue weighted by Crippen LogP contribution is -2.27. The Bertz CT molecular complexity index is 505. The zero-order valence-corrected chi connectivity index (χ0v) is 8.54. The van der Waals surface area contributed by atoms with Crippen LogP contribution in [0.15, 0.2) is 6.07 Å². The number of aromatic hydroxyl groups is 1. The molecule has 0 fully saturated rings. The summed E-state index contributed by atoms with van der Waals surface area (Å²) in [5, 5.41) is 17.0. The van der Waals surface area contributed by atoms with Gasteiger partial charge in [-0.1, -0.05) is 0 Å². The van der Waals surface area contributed by atoms with E-state index in [9.17, 15) is 22.8 Å². The van der Waals surface area contributed by atoms with Gasteiger partial charge in [-0.25, -0.2) is 19.1 Å². The molecule has 3 N–H and O–H groups in total. The fourth-order valence-electron chi connectivity index (χ4n) is 0.974. The van der Waals surface area contributed by atoms with Gasteiger partial charge >= 0.3 is 5.97 Å². The zero-order valence-electron chi connectivity index (χ0n) is 8.54. The number of phenols is 1. The number of hydroxylamine groups is 1. The normalized spacial score (nSPS) is 10.2. The minimum Gasteiger partial charge on any atom is -0.503 e. The highest BCUT2D eigenvalue weighted by Gasteiger charge is 2.22. The summed E-state index contributed by atoms with van der Waals surface area (Å²) in [6.45, 7) is -0.914. The predicted octanol–water partition coefficient (Wildman–Crippen LogP) is 0.555. The van der Waals surface area contributed by atoms with Crippen molar-refractivity contribution >= 4 is 11.9 Å². The maximum Gasteiger partial charge on any atom is 0.332 e. The van der Waals surface area contributed by atoms with Crippen molar-refractivity contribution in [2.45, 2.75) is 0 Å². The molecule has 0 saturated carbocycles. The van der Waals surface area contributed by atoms with E-state index in [1.165, 1.54) is 5.48 Å². The minimum absolute atomic E-state index is 0.198. The van der Waals surface area contributed by atoms with Gasteiger partial charge in [0.2, 0.25) is 5.82 Å². The molecular formula is C9H6F3NO5. The van der Waals surface area contributed by atoms with Crippen molar-refractivity contribution in [1.82, 2.24) is 5.48 Å². The summed E-state index contributed by atoms with van der Waals surface area (Å²) >= 11 is 0. The van der Waals surface area contributed by atoms with Gasteiger partial charge < -0.3 is 10.2 Å². The van der Waals surface area contributed by atoms with E-state index in [4.69, 9.17) is 10.2 Å². The van der Waals surface area contributed by atoms with Crippen molar-refractivity contribution in [2.75, 3.05) is 6.61 Å². The van der Waals surface area contributed by atoms with Gasteiger partial charge in [0.15, 0.2) is 24.0 Å². The van der Waals surface area contributed by atoms with Crippen LogP contribution < -0.4 is 5.48 Å². The largest absolute Gasteiger partial charge is 0.503 e. The number of hydrogen-bond acceptors (Lipinski definition) is 4. The van der Waals surface area contributed by atoms with Crippen molar-refractivity contribution in [1.29, 1.82) is 0 Å². The molecule has 0 aliphatic heterocycles. The highest BCUT2D eigenvalue weighted by Crippen LogP contribution is 2.25. The third-order valence-electron chi connectivity index (χ3n) is 1.74. The monoisotopic (exact) mass is 265 g/mol. The molecule has 0 aliphatic carbocycles. The van der Waals surface area contributed by atoms with Crippen LogP contribution in [-0.4, -0.2) is 28.7 Å². The summed E-state index contributed by atoms with van der Waals surface area (Å²) in [6, 6.07) is 0.198. The molecule has 1 rings (SSSR count). The fraction of sp³-hybridized carbons (Fsp3) is 0.111. The van der Waals surface area contributed by atoms with Gasteiger partial charge in [-0.2, -0.15) is 4.39 Å². The van der Waals surface area contributed by atoms with Crippen LogP contribution in [0.2, 0.25) is 0 Å². The number of amides is 1. The number of carbonyl (C=O) groups is 2. The number of nitrogens with one attached hydrogen (secondary N) is 1. The Labute approximate surface area is 97.6 Å². The van der Waals surface area contributed by atoms with Crippen LogP contribution in [0.4, 0.5) is 13.2 Å². The first kappa shape index (κ1) is 13.8. The van der Waals surface area contributed by atoms with E-state index in [1.807, 2.05) is 0 Å². The summed E-state index contributed by atoms with van der Waals surface area (Å²) in [6.07, 6.45) is 0. The number of aliphatic carboxylic acids is 1. The lowest BCUT2D eigenvalue weighted by molar-refractivity contribution is -0.144. The lowest BCUT2D eigenvalue weighted by Gasteiger charge is -2.07. The average Bonchev–Trinajstić information content (AvgIpc) is 2.30. The topological polar surface area (TPSA) is 95.9 Å². The predicted molar refractivity (Wildman–Crippen MR) is 49.0 cm³/mol. The van der Waals surface area contributed by atoms with Crippen LogP contribution in [0.3, 0.4) is 0 Å². The molecule has 0 aliphatic rings. The molecular weight excluding hydrogens is 259 g/mol. The molecule has 0 spiro atoms. The molecule has 1 aromatic carbocycles. The minimum atomic E-state index is -1.84. The quantitative estimate of drug-likeness (QED) is 0.546. The van der Waals surface area contributed by atoms with Crippen LogP contribution in [0.5, 0.6) is 5.75 Å². The maximum atomic E-state index is 13.2. The maximum absolute atomic E-state index is 13.2. The average molecular weight is 265 g/mol. The number of carbonyl (C=O) groups excluding carboxylic acids is 1. The van der Waals surface area contributed by atoms with Crippen molar-refractivity contribution in [3.05, 3.63) is 29.1 Å². The number of phenolic OH excluding ortho intramolecular Hbond substituents is 1. The van der Waals surface area contributed by atoms with E-state index in [1.54, 1.807) is 0 Å². The lowest BCUT2D eigenvalue weighted by atomic mass is 10.1. The second-order valence-corrected chi connectivity index (χ2v) is 3.00. The molecule has 18 heavy (non-hydrogen) atoms. The van der Waals surface area contributed by atoms with Gasteiger partial charge in [0.25, 0.3) is 5.91 Å². The number of carboxylic acid groups (broad SMARTS) is 1. The summed E-state index contributed by atoms with van der Waals surface area (Å²) in [7, 11) is 0.